The lowest BCUT2D eigenvalue weighted by atomic mass is 9.68. The van der Waals surface area contributed by atoms with Crippen molar-refractivity contribution in [2.75, 3.05) is 26.2 Å². The van der Waals surface area contributed by atoms with Crippen molar-refractivity contribution in [2.45, 2.75) is 63.9 Å². The number of allylic oxidation sites excluding steroid dienone is 1. The van der Waals surface area contributed by atoms with Crippen LogP contribution in [-0.4, -0.2) is 53.1 Å². The molecule has 2 aliphatic carbocycles. The van der Waals surface area contributed by atoms with Crippen molar-refractivity contribution in [2.24, 2.45) is 11.3 Å². The molecular formula is C18H33NO4SSi. The first-order chi connectivity index (χ1) is 11.7. The third-order valence-corrected chi connectivity index (χ3v) is 10.1. The molecular weight excluding hydrogens is 354 g/mol. The Hall–Kier alpha value is -0.373. The Morgan fingerprint density at radius 1 is 1.28 bits per heavy atom. The molecule has 1 spiro atoms. The molecule has 3 aliphatic rings. The average molecular weight is 388 g/mol. The maximum Gasteiger partial charge on any atom is 0.234 e. The van der Waals surface area contributed by atoms with Crippen molar-refractivity contribution in [1.29, 1.82) is 0 Å². The third kappa shape index (κ3) is 3.57. The Bertz CT molecular complexity index is 627. The van der Waals surface area contributed by atoms with Crippen LogP contribution >= 0.6 is 0 Å². The van der Waals surface area contributed by atoms with E-state index >= 15 is 0 Å². The van der Waals surface area contributed by atoms with Crippen LogP contribution in [0.15, 0.2) is 11.8 Å². The van der Waals surface area contributed by atoms with E-state index in [1.54, 1.807) is 11.4 Å². The normalized spacial score (nSPS) is 32.5. The topological polar surface area (TPSA) is 55.8 Å². The Morgan fingerprint density at radius 3 is 2.72 bits per heavy atom. The molecule has 1 saturated carbocycles. The molecule has 3 rings (SSSR count). The zero-order valence-corrected chi connectivity index (χ0v) is 17.9. The molecule has 0 radical (unpaired) electrons. The summed E-state index contributed by atoms with van der Waals surface area (Å²) in [6.07, 6.45) is 7.44. The maximum atomic E-state index is 13.1. The molecule has 0 N–H and O–H groups in total. The van der Waals surface area contributed by atoms with Gasteiger partial charge in [-0.25, -0.2) is 8.42 Å². The highest BCUT2D eigenvalue weighted by Gasteiger charge is 2.59. The van der Waals surface area contributed by atoms with Crippen LogP contribution < -0.4 is 0 Å². The molecule has 1 heterocycles. The molecule has 7 heteroatoms. The summed E-state index contributed by atoms with van der Waals surface area (Å²) in [6.45, 7) is 7.60. The van der Waals surface area contributed by atoms with E-state index in [9.17, 15) is 8.42 Å². The average Bonchev–Trinajstić information content (AvgIpc) is 3.10. The van der Waals surface area contributed by atoms with E-state index in [-0.39, 0.29) is 24.1 Å². The monoisotopic (exact) mass is 387 g/mol. The van der Waals surface area contributed by atoms with E-state index in [2.05, 4.69) is 25.7 Å². The molecule has 0 aromatic rings. The second-order valence-electron chi connectivity index (χ2n) is 8.99. The minimum atomic E-state index is -3.24. The summed E-state index contributed by atoms with van der Waals surface area (Å²) in [4.78, 5) is 0. The highest BCUT2D eigenvalue weighted by molar-refractivity contribution is 7.89. The van der Waals surface area contributed by atoms with Gasteiger partial charge >= 0.3 is 0 Å². The highest BCUT2D eigenvalue weighted by atomic mass is 32.2. The lowest BCUT2D eigenvalue weighted by Crippen LogP contribution is -2.42. The van der Waals surface area contributed by atoms with Gasteiger partial charge in [-0.05, 0) is 44.1 Å². The zero-order valence-electron chi connectivity index (χ0n) is 16.1. The third-order valence-electron chi connectivity index (χ3n) is 6.24. The fraction of sp³-hybridized carbons (Fsp3) is 0.889. The van der Waals surface area contributed by atoms with Crippen LogP contribution in [0.3, 0.4) is 0 Å². The van der Waals surface area contributed by atoms with Crippen molar-refractivity contribution >= 4 is 18.1 Å². The van der Waals surface area contributed by atoms with Gasteiger partial charge in [0.2, 0.25) is 10.0 Å². The second-order valence-corrected chi connectivity index (χ2v) is 16.6. The van der Waals surface area contributed by atoms with Gasteiger partial charge in [-0.15, -0.1) is 0 Å². The number of hydrogen-bond donors (Lipinski definition) is 0. The van der Waals surface area contributed by atoms with E-state index in [1.165, 1.54) is 0 Å². The molecule has 5 nitrogen and oxygen atoms in total. The number of rotatable bonds is 7. The van der Waals surface area contributed by atoms with Gasteiger partial charge in [0.15, 0.2) is 0 Å². The Labute approximate surface area is 153 Å². The summed E-state index contributed by atoms with van der Waals surface area (Å²) in [5.41, 5.74) is 0.932. The molecule has 0 bridgehead atoms. The largest absolute Gasteiger partial charge is 0.359 e. The standard InChI is InChI=1S/C18H33NO4SSi/c1-22-14-23-17-9-8-15-6-5-7-16-18(15,17)10-11-19(16)24(20,21)12-13-25(2,3)4/h7,15,17H,5-6,8-14H2,1-4H3/t15-,17+,18+/m1/s1. The smallest absolute Gasteiger partial charge is 0.234 e. The van der Waals surface area contributed by atoms with Gasteiger partial charge in [-0.2, -0.15) is 0 Å². The van der Waals surface area contributed by atoms with Gasteiger partial charge in [0.1, 0.15) is 6.79 Å². The number of methoxy groups -OCH3 is 1. The van der Waals surface area contributed by atoms with Crippen LogP contribution in [0.4, 0.5) is 0 Å². The van der Waals surface area contributed by atoms with Crippen molar-refractivity contribution < 1.29 is 17.9 Å². The molecule has 3 atom stereocenters. The van der Waals surface area contributed by atoms with Crippen LogP contribution in [0.5, 0.6) is 0 Å². The number of nitrogens with zero attached hydrogens (tertiary/aromatic N) is 1. The van der Waals surface area contributed by atoms with Crippen LogP contribution in [0, 0.1) is 11.3 Å². The first kappa shape index (κ1) is 19.4. The lowest BCUT2D eigenvalue weighted by molar-refractivity contribution is -0.106. The maximum absolute atomic E-state index is 13.1. The van der Waals surface area contributed by atoms with E-state index in [1.807, 2.05) is 0 Å². The first-order valence-electron chi connectivity index (χ1n) is 9.52. The summed E-state index contributed by atoms with van der Waals surface area (Å²) < 4.78 is 39.1. The SMILES string of the molecule is COCO[C@H]1CC[C@H]2CCC=C3N(S(=O)(=O)CC[Si](C)(C)C)CC[C@@]321. The van der Waals surface area contributed by atoms with Crippen molar-refractivity contribution in [3.63, 3.8) is 0 Å². The van der Waals surface area contributed by atoms with Gasteiger partial charge < -0.3 is 9.47 Å². The summed E-state index contributed by atoms with van der Waals surface area (Å²) in [5, 5.41) is 0. The van der Waals surface area contributed by atoms with Gasteiger partial charge in [-0.1, -0.05) is 25.7 Å². The van der Waals surface area contributed by atoms with Crippen molar-refractivity contribution in [1.82, 2.24) is 4.31 Å². The number of ether oxygens (including phenoxy) is 2. The van der Waals surface area contributed by atoms with Crippen LogP contribution in [-0.2, 0) is 19.5 Å². The Morgan fingerprint density at radius 2 is 2.04 bits per heavy atom. The van der Waals surface area contributed by atoms with Gasteiger partial charge in [-0.3, -0.25) is 4.31 Å². The predicted molar refractivity (Wildman–Crippen MR) is 102 cm³/mol. The second kappa shape index (κ2) is 6.98. The molecule has 0 aromatic heterocycles. The molecule has 1 saturated heterocycles. The van der Waals surface area contributed by atoms with Gasteiger partial charge in [0, 0.05) is 32.8 Å². The lowest BCUT2D eigenvalue weighted by Gasteiger charge is -2.41. The molecule has 0 unspecified atom stereocenters. The first-order valence-corrected chi connectivity index (χ1v) is 14.8. The molecule has 25 heavy (non-hydrogen) atoms. The van der Waals surface area contributed by atoms with Gasteiger partial charge in [0.25, 0.3) is 0 Å². The predicted octanol–water partition coefficient (Wildman–Crippen LogP) is 3.42. The summed E-state index contributed by atoms with van der Waals surface area (Å²) >= 11 is 0. The van der Waals surface area contributed by atoms with E-state index < -0.39 is 18.1 Å². The zero-order chi connectivity index (χ0) is 18.3. The summed E-state index contributed by atoms with van der Waals surface area (Å²) in [5.74, 6) is 0.830. The number of hydrogen-bond acceptors (Lipinski definition) is 4. The minimum Gasteiger partial charge on any atom is -0.359 e. The summed E-state index contributed by atoms with van der Waals surface area (Å²) in [7, 11) is -2.98. The Balaban J connectivity index is 1.85. The molecule has 0 amide bonds. The minimum absolute atomic E-state index is 0.0844. The highest BCUT2D eigenvalue weighted by Crippen LogP contribution is 2.60. The molecule has 2 fully saturated rings. The molecule has 1 aliphatic heterocycles. The van der Waals surface area contributed by atoms with Gasteiger partial charge in [0.05, 0.1) is 11.9 Å². The quantitative estimate of drug-likeness (QED) is 0.496. The fourth-order valence-electron chi connectivity index (χ4n) is 4.97. The fourth-order valence-corrected chi connectivity index (χ4v) is 9.58. The molecule has 0 aromatic carbocycles. The van der Waals surface area contributed by atoms with Crippen LogP contribution in [0.1, 0.15) is 32.1 Å². The van der Waals surface area contributed by atoms with Crippen molar-refractivity contribution in [3.8, 4) is 0 Å². The molecule has 144 valence electrons. The Kier molecular flexibility index (Phi) is 5.41. The van der Waals surface area contributed by atoms with E-state index in [4.69, 9.17) is 9.47 Å². The van der Waals surface area contributed by atoms with Crippen LogP contribution in [0.25, 0.3) is 0 Å². The summed E-state index contributed by atoms with van der Waals surface area (Å²) in [6, 6.07) is 0.819. The van der Waals surface area contributed by atoms with Crippen molar-refractivity contribution in [3.05, 3.63) is 11.8 Å². The van der Waals surface area contributed by atoms with E-state index in [0.717, 1.165) is 43.8 Å². The number of sulfonamides is 1. The van der Waals surface area contributed by atoms with Crippen LogP contribution in [0.2, 0.25) is 25.7 Å². The van der Waals surface area contributed by atoms with E-state index in [0.29, 0.717) is 12.5 Å².